The Morgan fingerprint density at radius 1 is 1.37 bits per heavy atom. The topological polar surface area (TPSA) is 73.1 Å². The van der Waals surface area contributed by atoms with Gasteiger partial charge in [0.25, 0.3) is 0 Å². The molecule has 3 N–H and O–H groups in total. The summed E-state index contributed by atoms with van der Waals surface area (Å²) in [6.45, 7) is 4.46. The number of nitrogens with one attached hydrogen (secondary N) is 1. The molecule has 0 radical (unpaired) electrons. The van der Waals surface area contributed by atoms with E-state index in [1.54, 1.807) is 12.4 Å². The summed E-state index contributed by atoms with van der Waals surface area (Å²) in [5, 5.41) is 3.36. The molecule has 1 saturated carbocycles. The lowest BCUT2D eigenvalue weighted by Gasteiger charge is -2.18. The third-order valence-corrected chi connectivity index (χ3v) is 3.73. The van der Waals surface area contributed by atoms with Crippen LogP contribution in [-0.2, 0) is 0 Å². The lowest BCUT2D eigenvalue weighted by molar-refractivity contribution is 0.304. The van der Waals surface area contributed by atoms with E-state index in [-0.39, 0.29) is 0 Å². The molecule has 106 valence electrons. The van der Waals surface area contributed by atoms with Gasteiger partial charge in [0, 0.05) is 6.54 Å². The van der Waals surface area contributed by atoms with Gasteiger partial charge in [0.1, 0.15) is 5.82 Å². The van der Waals surface area contributed by atoms with Crippen molar-refractivity contribution in [2.24, 2.45) is 17.6 Å². The summed E-state index contributed by atoms with van der Waals surface area (Å²) in [7, 11) is 0. The lowest BCUT2D eigenvalue weighted by atomic mass is 9.96. The Morgan fingerprint density at radius 2 is 2.21 bits per heavy atom. The van der Waals surface area contributed by atoms with Gasteiger partial charge in [-0.15, -0.1) is 0 Å². The minimum Gasteiger partial charge on any atom is -0.477 e. The minimum absolute atomic E-state index is 0.591. The summed E-state index contributed by atoms with van der Waals surface area (Å²) >= 11 is 0. The molecule has 0 spiro atoms. The van der Waals surface area contributed by atoms with Crippen LogP contribution in [0.2, 0.25) is 0 Å². The van der Waals surface area contributed by atoms with Gasteiger partial charge in [0.15, 0.2) is 0 Å². The summed E-state index contributed by atoms with van der Waals surface area (Å²) in [6.07, 6.45) is 8.17. The monoisotopic (exact) mass is 264 g/mol. The van der Waals surface area contributed by atoms with E-state index in [1.807, 2.05) is 0 Å². The van der Waals surface area contributed by atoms with Gasteiger partial charge < -0.3 is 15.8 Å². The Morgan fingerprint density at radius 3 is 3.00 bits per heavy atom. The number of rotatable bonds is 7. The molecule has 5 nitrogen and oxygen atoms in total. The first kappa shape index (κ1) is 14.1. The fraction of sp³-hybridized carbons (Fsp3) is 0.714. The van der Waals surface area contributed by atoms with Crippen molar-refractivity contribution in [1.82, 2.24) is 9.97 Å². The van der Waals surface area contributed by atoms with Gasteiger partial charge in [-0.05, 0) is 37.6 Å². The van der Waals surface area contributed by atoms with Crippen molar-refractivity contribution in [3.63, 3.8) is 0 Å². The Labute approximate surface area is 115 Å². The van der Waals surface area contributed by atoms with Gasteiger partial charge in [-0.25, -0.2) is 0 Å². The molecule has 1 aromatic rings. The zero-order chi connectivity index (χ0) is 13.5. The number of hydrogen-bond donors (Lipinski definition) is 2. The molecule has 0 aliphatic heterocycles. The molecule has 2 rings (SSSR count). The molecule has 1 aliphatic carbocycles. The van der Waals surface area contributed by atoms with Crippen LogP contribution in [0.25, 0.3) is 0 Å². The summed E-state index contributed by atoms with van der Waals surface area (Å²) in [4.78, 5) is 8.54. The number of ether oxygens (including phenoxy) is 1. The zero-order valence-electron chi connectivity index (χ0n) is 11.6. The molecule has 5 heteroatoms. The highest BCUT2D eigenvalue weighted by atomic mass is 16.5. The third-order valence-electron chi connectivity index (χ3n) is 3.73. The van der Waals surface area contributed by atoms with Gasteiger partial charge in [0.2, 0.25) is 5.88 Å². The predicted molar refractivity (Wildman–Crippen MR) is 76.2 cm³/mol. The van der Waals surface area contributed by atoms with Crippen molar-refractivity contribution in [3.8, 4) is 5.88 Å². The van der Waals surface area contributed by atoms with Crippen LogP contribution in [0.15, 0.2) is 12.4 Å². The molecule has 2 unspecified atom stereocenters. The molecule has 1 aromatic heterocycles. The molecular weight excluding hydrogens is 240 g/mol. The first-order chi connectivity index (χ1) is 9.33. The van der Waals surface area contributed by atoms with Crippen LogP contribution in [0.5, 0.6) is 5.88 Å². The van der Waals surface area contributed by atoms with Gasteiger partial charge in [-0.1, -0.05) is 13.3 Å². The van der Waals surface area contributed by atoms with E-state index in [2.05, 4.69) is 22.2 Å². The van der Waals surface area contributed by atoms with Crippen LogP contribution in [-0.4, -0.2) is 29.7 Å². The Hall–Kier alpha value is -1.36. The normalized spacial score (nSPS) is 22.4. The average molecular weight is 264 g/mol. The van der Waals surface area contributed by atoms with E-state index >= 15 is 0 Å². The van der Waals surface area contributed by atoms with Crippen molar-refractivity contribution in [3.05, 3.63) is 12.4 Å². The maximum Gasteiger partial charge on any atom is 0.234 e. The first-order valence-corrected chi connectivity index (χ1v) is 7.22. The second-order valence-corrected chi connectivity index (χ2v) is 5.16. The first-order valence-electron chi connectivity index (χ1n) is 7.22. The van der Waals surface area contributed by atoms with E-state index in [4.69, 9.17) is 10.5 Å². The molecular formula is C14H24N4O. The summed E-state index contributed by atoms with van der Waals surface area (Å²) in [5.74, 6) is 2.69. The van der Waals surface area contributed by atoms with E-state index in [1.165, 1.54) is 19.3 Å². The van der Waals surface area contributed by atoms with E-state index in [0.29, 0.717) is 24.3 Å². The number of hydrogen-bond acceptors (Lipinski definition) is 5. The molecule has 19 heavy (non-hydrogen) atoms. The number of aromatic nitrogens is 2. The van der Waals surface area contributed by atoms with Crippen LogP contribution in [0.3, 0.4) is 0 Å². The summed E-state index contributed by atoms with van der Waals surface area (Å²) in [6, 6.07) is 0. The van der Waals surface area contributed by atoms with Gasteiger partial charge in [-0.3, -0.25) is 4.98 Å². The largest absolute Gasteiger partial charge is 0.477 e. The second kappa shape index (κ2) is 7.28. The van der Waals surface area contributed by atoms with Gasteiger partial charge >= 0.3 is 0 Å². The predicted octanol–water partition coefficient (Wildman–Crippen LogP) is 2.05. The maximum absolute atomic E-state index is 5.80. The van der Waals surface area contributed by atoms with Crippen LogP contribution >= 0.6 is 0 Å². The summed E-state index contributed by atoms with van der Waals surface area (Å²) in [5.41, 5.74) is 5.80. The zero-order valence-corrected chi connectivity index (χ0v) is 11.6. The molecule has 0 bridgehead atoms. The van der Waals surface area contributed by atoms with Crippen molar-refractivity contribution >= 4 is 5.82 Å². The molecule has 0 saturated heterocycles. The van der Waals surface area contributed by atoms with E-state index < -0.39 is 0 Å². The quantitative estimate of drug-likeness (QED) is 0.788. The van der Waals surface area contributed by atoms with Crippen molar-refractivity contribution in [2.45, 2.75) is 32.6 Å². The Kier molecular flexibility index (Phi) is 5.39. The second-order valence-electron chi connectivity index (χ2n) is 5.16. The Bertz CT molecular complexity index is 385. The SMILES string of the molecule is CCCOc1cncc(NCC2CCCC2CN)n1. The highest BCUT2D eigenvalue weighted by Gasteiger charge is 2.25. The molecule has 0 aromatic carbocycles. The van der Waals surface area contributed by atoms with Gasteiger partial charge in [-0.2, -0.15) is 4.98 Å². The van der Waals surface area contributed by atoms with Gasteiger partial charge in [0.05, 0.1) is 19.0 Å². The fourth-order valence-electron chi connectivity index (χ4n) is 2.64. The maximum atomic E-state index is 5.80. The standard InChI is InChI=1S/C14H24N4O/c1-2-6-19-14-10-16-9-13(18-14)17-8-12-5-3-4-11(12)7-15/h9-12H,2-8,15H2,1H3,(H,17,18). The van der Waals surface area contributed by atoms with Crippen LogP contribution in [0.4, 0.5) is 5.82 Å². The molecule has 0 amide bonds. The molecule has 2 atom stereocenters. The average Bonchev–Trinajstić information content (AvgIpc) is 2.91. The lowest BCUT2D eigenvalue weighted by Crippen LogP contribution is -2.24. The van der Waals surface area contributed by atoms with Crippen molar-refractivity contribution in [2.75, 3.05) is 25.0 Å². The number of anilines is 1. The van der Waals surface area contributed by atoms with E-state index in [0.717, 1.165) is 25.3 Å². The minimum atomic E-state index is 0.591. The number of nitrogens with zero attached hydrogens (tertiary/aromatic N) is 2. The van der Waals surface area contributed by atoms with Crippen molar-refractivity contribution in [1.29, 1.82) is 0 Å². The van der Waals surface area contributed by atoms with Crippen LogP contribution < -0.4 is 15.8 Å². The summed E-state index contributed by atoms with van der Waals surface area (Å²) < 4.78 is 5.48. The van der Waals surface area contributed by atoms with Crippen molar-refractivity contribution < 1.29 is 4.74 Å². The smallest absolute Gasteiger partial charge is 0.234 e. The third kappa shape index (κ3) is 4.06. The number of nitrogens with two attached hydrogens (primary N) is 1. The highest BCUT2D eigenvalue weighted by Crippen LogP contribution is 2.30. The van der Waals surface area contributed by atoms with E-state index in [9.17, 15) is 0 Å². The van der Waals surface area contributed by atoms with Crippen LogP contribution in [0, 0.1) is 11.8 Å². The van der Waals surface area contributed by atoms with Crippen LogP contribution in [0.1, 0.15) is 32.6 Å². The Balaban J connectivity index is 1.85. The molecule has 1 heterocycles. The molecule has 1 aliphatic rings. The fourth-order valence-corrected chi connectivity index (χ4v) is 2.64. The molecule has 1 fully saturated rings. The highest BCUT2D eigenvalue weighted by molar-refractivity contribution is 5.33.